The first-order chi connectivity index (χ1) is 9.74. The van der Waals surface area contributed by atoms with Gasteiger partial charge >= 0.3 is 5.69 Å². The van der Waals surface area contributed by atoms with E-state index in [-0.39, 0.29) is 23.9 Å². The van der Waals surface area contributed by atoms with Crippen molar-refractivity contribution >= 4 is 13.1 Å². The number of phenolic OH excluding ortho intramolecular Hbond substituents is 1. The minimum atomic E-state index is -4.03. The summed E-state index contributed by atoms with van der Waals surface area (Å²) < 4.78 is 16.8. The number of rotatable bonds is 7. The Morgan fingerprint density at radius 1 is 1.57 bits per heavy atom. The van der Waals surface area contributed by atoms with Crippen molar-refractivity contribution in [2.45, 2.75) is 12.3 Å². The molecule has 0 aliphatic rings. The van der Waals surface area contributed by atoms with Gasteiger partial charge in [0.25, 0.3) is 0 Å². The second-order valence-corrected chi connectivity index (χ2v) is 6.67. The number of nitrogens with zero attached hydrogens (tertiary/aromatic N) is 1. The van der Waals surface area contributed by atoms with Crippen molar-refractivity contribution in [3.63, 3.8) is 0 Å². The number of hydrogen-bond donors (Lipinski definition) is 4. The Hall–Kier alpha value is -1.67. The molecule has 0 amide bonds. The molecule has 5 N–H and O–H groups in total. The van der Waals surface area contributed by atoms with Gasteiger partial charge in [0.15, 0.2) is 11.6 Å². The van der Waals surface area contributed by atoms with Crippen molar-refractivity contribution in [2.24, 2.45) is 5.73 Å². The molecule has 1 radical (unpaired) electrons. The van der Waals surface area contributed by atoms with Gasteiger partial charge in [0.05, 0.1) is 12.0 Å². The molecule has 0 saturated carbocycles. The van der Waals surface area contributed by atoms with Gasteiger partial charge in [-0.1, -0.05) is 0 Å². The molecule has 0 saturated heterocycles. The minimum Gasteiger partial charge on any atom is -0.500 e. The highest BCUT2D eigenvalue weighted by molar-refractivity contribution is 7.58. The van der Waals surface area contributed by atoms with Gasteiger partial charge in [-0.3, -0.25) is 14.7 Å². The molecule has 1 rings (SSSR count). The second-order valence-electron chi connectivity index (χ2n) is 4.23. The Kier molecular flexibility index (Phi) is 5.68. The summed E-state index contributed by atoms with van der Waals surface area (Å²) in [4.78, 5) is 19.7. The lowest BCUT2D eigenvalue weighted by molar-refractivity contribution is -0.386. The summed E-state index contributed by atoms with van der Waals surface area (Å²) in [6.45, 7) is 1.18. The Morgan fingerprint density at radius 3 is 2.67 bits per heavy atom. The quantitative estimate of drug-likeness (QED) is 0.330. The van der Waals surface area contributed by atoms with Gasteiger partial charge in [-0.15, -0.1) is 0 Å². The summed E-state index contributed by atoms with van der Waals surface area (Å²) >= 11 is 0. The third-order valence-corrected chi connectivity index (χ3v) is 4.75. The molecule has 0 heterocycles. The summed E-state index contributed by atoms with van der Waals surface area (Å²) in [6, 6.07) is 1.90. The zero-order valence-corrected chi connectivity index (χ0v) is 12.1. The van der Waals surface area contributed by atoms with Gasteiger partial charge in [-0.05, 0) is 12.5 Å². The van der Waals surface area contributed by atoms with Gasteiger partial charge in [0.1, 0.15) is 0 Å². The van der Waals surface area contributed by atoms with Crippen molar-refractivity contribution in [1.82, 2.24) is 0 Å². The molecule has 0 aliphatic heterocycles. The van der Waals surface area contributed by atoms with Crippen LogP contribution in [0.3, 0.4) is 0 Å². The first kappa shape index (κ1) is 17.4. The fraction of sp³-hybridized carbons (Fsp3) is 0.364. The predicted octanol–water partition coefficient (Wildman–Crippen LogP) is 1.08. The van der Waals surface area contributed by atoms with Crippen molar-refractivity contribution in [3.05, 3.63) is 34.4 Å². The summed E-state index contributed by atoms with van der Waals surface area (Å²) in [6.07, 6.45) is -0.177. The molecule has 2 atom stereocenters. The fourth-order valence-electron chi connectivity index (χ4n) is 1.67. The highest BCUT2D eigenvalue weighted by Gasteiger charge is 2.33. The number of ether oxygens (including phenoxy) is 1. The van der Waals surface area contributed by atoms with E-state index < -0.39 is 29.6 Å². The number of hydrogen-bond acceptors (Lipinski definition) is 7. The zero-order chi connectivity index (χ0) is 16.2. The van der Waals surface area contributed by atoms with E-state index in [4.69, 9.17) is 10.5 Å². The van der Waals surface area contributed by atoms with E-state index in [9.17, 15) is 29.8 Å². The van der Waals surface area contributed by atoms with Crippen LogP contribution >= 0.6 is 7.37 Å². The van der Waals surface area contributed by atoms with Crippen LogP contribution in [0.1, 0.15) is 17.8 Å². The van der Waals surface area contributed by atoms with Crippen LogP contribution in [0.25, 0.3) is 0 Å². The molecule has 1 aromatic rings. The number of nitrogens with two attached hydrogens (primary N) is 1. The third-order valence-electron chi connectivity index (χ3n) is 2.79. The Balaban J connectivity index is 3.27. The van der Waals surface area contributed by atoms with Crippen LogP contribution in [0.4, 0.5) is 5.69 Å². The van der Waals surface area contributed by atoms with E-state index in [0.29, 0.717) is 0 Å². The van der Waals surface area contributed by atoms with Gasteiger partial charge < -0.3 is 25.6 Å². The van der Waals surface area contributed by atoms with E-state index in [2.05, 4.69) is 0 Å². The van der Waals surface area contributed by atoms with E-state index in [1.807, 2.05) is 0 Å². The van der Waals surface area contributed by atoms with Crippen LogP contribution in [-0.2, 0) is 4.57 Å². The first-order valence-electron chi connectivity index (χ1n) is 5.82. The molecule has 2 unspecified atom stereocenters. The normalized spacial score (nSPS) is 15.2. The maximum absolute atomic E-state index is 12.0. The number of methoxy groups -OCH3 is 1. The summed E-state index contributed by atoms with van der Waals surface area (Å²) in [5.74, 6) is -2.84. The molecular formula is C11H16N2O7P. The van der Waals surface area contributed by atoms with Crippen LogP contribution in [-0.4, -0.2) is 33.3 Å². The summed E-state index contributed by atoms with van der Waals surface area (Å²) in [5.41, 5.74) is 4.20. The van der Waals surface area contributed by atoms with Crippen molar-refractivity contribution in [2.75, 3.05) is 13.3 Å². The van der Waals surface area contributed by atoms with E-state index >= 15 is 0 Å². The molecule has 9 nitrogen and oxygen atoms in total. The predicted molar refractivity (Wildman–Crippen MR) is 74.1 cm³/mol. The highest BCUT2D eigenvalue weighted by Crippen LogP contribution is 2.55. The number of benzene rings is 1. The maximum atomic E-state index is 12.0. The highest BCUT2D eigenvalue weighted by atomic mass is 31.2. The van der Waals surface area contributed by atoms with Crippen molar-refractivity contribution < 1.29 is 29.3 Å². The number of aliphatic hydroxyl groups excluding tert-OH is 1. The fourth-order valence-corrected chi connectivity index (χ4v) is 3.05. The Bertz CT molecular complexity index is 578. The molecule has 117 valence electrons. The van der Waals surface area contributed by atoms with Gasteiger partial charge in [0.2, 0.25) is 13.1 Å². The first-order valence-corrected chi connectivity index (χ1v) is 7.74. The number of aliphatic hydroxyl groups is 1. The average Bonchev–Trinajstić information content (AvgIpc) is 2.44. The number of aromatic hydroxyl groups is 1. The number of phenols is 1. The molecule has 0 bridgehead atoms. The van der Waals surface area contributed by atoms with Crippen LogP contribution < -0.4 is 10.5 Å². The molecule has 0 spiro atoms. The minimum absolute atomic E-state index is 0.0994. The van der Waals surface area contributed by atoms with Crippen LogP contribution in [0.5, 0.6) is 11.5 Å². The third kappa shape index (κ3) is 3.92. The molecule has 10 heteroatoms. The molecular weight excluding hydrogens is 303 g/mol. The Morgan fingerprint density at radius 2 is 2.19 bits per heavy atom. The smallest absolute Gasteiger partial charge is 0.315 e. The zero-order valence-electron chi connectivity index (χ0n) is 11.2. The molecule has 0 fully saturated rings. The van der Waals surface area contributed by atoms with Gasteiger partial charge in [-0.25, -0.2) is 0 Å². The van der Waals surface area contributed by atoms with Crippen molar-refractivity contribution in [3.8, 4) is 11.5 Å². The van der Waals surface area contributed by atoms with Gasteiger partial charge in [-0.2, -0.15) is 0 Å². The topological polar surface area (TPSA) is 156 Å². The van der Waals surface area contributed by atoms with Crippen molar-refractivity contribution in [1.29, 1.82) is 0 Å². The number of nitro groups is 1. The lowest BCUT2D eigenvalue weighted by Crippen LogP contribution is -2.05. The Labute approximate surface area is 120 Å². The summed E-state index contributed by atoms with van der Waals surface area (Å²) in [7, 11) is -2.87. The SMILES string of the molecule is COc1cc(C(O)P(=O)(O)CC[CH]N)cc([N+](=O)[O-])c1O. The lowest BCUT2D eigenvalue weighted by atomic mass is 10.2. The maximum Gasteiger partial charge on any atom is 0.315 e. The van der Waals surface area contributed by atoms with E-state index in [1.54, 1.807) is 0 Å². The lowest BCUT2D eigenvalue weighted by Gasteiger charge is -2.19. The second kappa shape index (κ2) is 6.86. The summed E-state index contributed by atoms with van der Waals surface area (Å²) in [5, 5.41) is 30.4. The molecule has 21 heavy (non-hydrogen) atoms. The van der Waals surface area contributed by atoms with Crippen LogP contribution in [0.2, 0.25) is 0 Å². The van der Waals surface area contributed by atoms with Crippen LogP contribution in [0.15, 0.2) is 12.1 Å². The van der Waals surface area contributed by atoms with Gasteiger partial charge in [0, 0.05) is 24.3 Å². The van der Waals surface area contributed by atoms with Crippen LogP contribution in [0, 0.1) is 16.7 Å². The average molecular weight is 319 g/mol. The molecule has 0 aliphatic carbocycles. The van der Waals surface area contributed by atoms with E-state index in [1.165, 1.54) is 6.54 Å². The molecule has 0 aromatic heterocycles. The number of nitro benzene ring substituents is 1. The monoisotopic (exact) mass is 319 g/mol. The van der Waals surface area contributed by atoms with E-state index in [0.717, 1.165) is 19.2 Å². The largest absolute Gasteiger partial charge is 0.500 e. The molecule has 1 aromatic carbocycles. The standard InChI is InChI=1S/C11H16N2O7P/c1-20-9-6-7(5-8(10(9)14)13(16)17)11(15)21(18,19)4-2-3-12/h3,5-6,11,14-15H,2,4,12H2,1H3,(H,18,19).